The van der Waals surface area contributed by atoms with Crippen molar-refractivity contribution in [1.29, 1.82) is 0 Å². The second-order valence-electron chi connectivity index (χ2n) is 5.58. The maximum absolute atomic E-state index is 12.4. The Morgan fingerprint density at radius 3 is 2.55 bits per heavy atom. The second kappa shape index (κ2) is 5.64. The third kappa shape index (κ3) is 2.48. The molecule has 0 saturated heterocycles. The van der Waals surface area contributed by atoms with Crippen LogP contribution >= 0.6 is 0 Å². The van der Waals surface area contributed by atoms with Crippen LogP contribution in [0, 0.1) is 6.92 Å². The fraction of sp³-hybridized carbons (Fsp3) is 0.222. The van der Waals surface area contributed by atoms with Crippen LogP contribution in [0.3, 0.4) is 0 Å². The molecular formula is C18H19N3O. The Balaban J connectivity index is 2.17. The fourth-order valence-electron chi connectivity index (χ4n) is 2.62. The molecule has 0 bridgehead atoms. The molecule has 3 rings (SSSR count). The van der Waals surface area contributed by atoms with Crippen molar-refractivity contribution in [2.24, 2.45) is 0 Å². The summed E-state index contributed by atoms with van der Waals surface area (Å²) in [5.41, 5.74) is 3.65. The maximum atomic E-state index is 12.4. The van der Waals surface area contributed by atoms with E-state index in [9.17, 15) is 4.79 Å². The van der Waals surface area contributed by atoms with Gasteiger partial charge in [0.1, 0.15) is 0 Å². The van der Waals surface area contributed by atoms with Crippen LogP contribution in [-0.4, -0.2) is 9.66 Å². The smallest absolute Gasteiger partial charge is 0.280 e. The summed E-state index contributed by atoms with van der Waals surface area (Å²) in [5.74, 6) is 6.45. The molecular weight excluding hydrogens is 274 g/mol. The van der Waals surface area contributed by atoms with E-state index in [1.165, 1.54) is 5.56 Å². The van der Waals surface area contributed by atoms with E-state index in [-0.39, 0.29) is 5.56 Å². The lowest BCUT2D eigenvalue weighted by atomic mass is 10.1. The first-order chi connectivity index (χ1) is 10.6. The predicted octanol–water partition coefficient (Wildman–Crippen LogP) is 3.04. The van der Waals surface area contributed by atoms with E-state index in [4.69, 9.17) is 5.84 Å². The van der Waals surface area contributed by atoms with E-state index in [1.54, 1.807) is 6.07 Å². The second-order valence-corrected chi connectivity index (χ2v) is 5.58. The highest BCUT2D eigenvalue weighted by atomic mass is 16.1. The highest BCUT2D eigenvalue weighted by Gasteiger charge is 2.11. The van der Waals surface area contributed by atoms with Crippen molar-refractivity contribution in [3.8, 4) is 11.4 Å². The van der Waals surface area contributed by atoms with E-state index < -0.39 is 0 Å². The van der Waals surface area contributed by atoms with Crippen LogP contribution in [0.5, 0.6) is 0 Å². The number of rotatable bonds is 3. The van der Waals surface area contributed by atoms with E-state index >= 15 is 0 Å². The Hall–Kier alpha value is -2.62. The van der Waals surface area contributed by atoms with Crippen molar-refractivity contribution in [3.63, 3.8) is 0 Å². The molecule has 0 amide bonds. The van der Waals surface area contributed by atoms with Gasteiger partial charge in [-0.3, -0.25) is 4.79 Å². The fourth-order valence-corrected chi connectivity index (χ4v) is 2.62. The van der Waals surface area contributed by atoms with Gasteiger partial charge in [-0.25, -0.2) is 9.66 Å². The number of nitrogen functional groups attached to an aromatic ring is 1. The van der Waals surface area contributed by atoms with Crippen LogP contribution in [0.25, 0.3) is 22.3 Å². The Kier molecular flexibility index (Phi) is 3.67. The van der Waals surface area contributed by atoms with Gasteiger partial charge in [-0.05, 0) is 36.6 Å². The minimum absolute atomic E-state index is 0.224. The normalized spacial score (nSPS) is 11.0. The van der Waals surface area contributed by atoms with Crippen molar-refractivity contribution in [2.75, 3.05) is 5.84 Å². The standard InChI is InChI=1S/C18H19N3O/c1-3-4-13-6-8-14(9-7-13)17-20-16-11-12(2)5-10-15(16)18(22)21(17)19/h5-11H,3-4,19H2,1-2H3. The lowest BCUT2D eigenvalue weighted by Crippen LogP contribution is -2.29. The maximum Gasteiger partial charge on any atom is 0.280 e. The summed E-state index contributed by atoms with van der Waals surface area (Å²) >= 11 is 0. The Morgan fingerprint density at radius 1 is 1.14 bits per heavy atom. The zero-order valence-electron chi connectivity index (χ0n) is 12.8. The summed E-state index contributed by atoms with van der Waals surface area (Å²) in [7, 11) is 0. The first-order valence-electron chi connectivity index (χ1n) is 7.48. The van der Waals surface area contributed by atoms with Crippen LogP contribution in [-0.2, 0) is 6.42 Å². The number of fused-ring (bicyclic) bond motifs is 1. The Labute approximate surface area is 129 Å². The molecule has 1 heterocycles. The molecule has 0 radical (unpaired) electrons. The van der Waals surface area contributed by atoms with Crippen LogP contribution in [0.2, 0.25) is 0 Å². The van der Waals surface area contributed by atoms with Crippen molar-refractivity contribution < 1.29 is 0 Å². The number of hydrogen-bond donors (Lipinski definition) is 1. The van der Waals surface area contributed by atoms with Gasteiger partial charge in [0.25, 0.3) is 5.56 Å². The number of aromatic nitrogens is 2. The third-order valence-electron chi connectivity index (χ3n) is 3.81. The minimum Gasteiger partial charge on any atom is -0.334 e. The molecule has 2 aromatic carbocycles. The predicted molar refractivity (Wildman–Crippen MR) is 90.3 cm³/mol. The van der Waals surface area contributed by atoms with Crippen molar-refractivity contribution in [3.05, 3.63) is 63.9 Å². The van der Waals surface area contributed by atoms with Gasteiger partial charge >= 0.3 is 0 Å². The molecule has 0 aliphatic rings. The average Bonchev–Trinajstić information content (AvgIpc) is 2.52. The van der Waals surface area contributed by atoms with Crippen molar-refractivity contribution in [2.45, 2.75) is 26.7 Å². The summed E-state index contributed by atoms with van der Waals surface area (Å²) in [6, 6.07) is 13.6. The lowest BCUT2D eigenvalue weighted by molar-refractivity contribution is 0.916. The number of hydrogen-bond acceptors (Lipinski definition) is 3. The summed E-state index contributed by atoms with van der Waals surface area (Å²) in [6.45, 7) is 4.13. The van der Waals surface area contributed by atoms with Crippen molar-refractivity contribution >= 4 is 10.9 Å². The van der Waals surface area contributed by atoms with E-state index in [0.717, 1.165) is 28.6 Å². The summed E-state index contributed by atoms with van der Waals surface area (Å²) in [4.78, 5) is 17.0. The highest BCUT2D eigenvalue weighted by Crippen LogP contribution is 2.19. The molecule has 112 valence electrons. The quantitative estimate of drug-likeness (QED) is 0.755. The van der Waals surface area contributed by atoms with Gasteiger partial charge in [0, 0.05) is 5.56 Å². The van der Waals surface area contributed by atoms with E-state index in [2.05, 4.69) is 24.0 Å². The summed E-state index contributed by atoms with van der Waals surface area (Å²) in [6.07, 6.45) is 2.15. The molecule has 2 N–H and O–H groups in total. The van der Waals surface area contributed by atoms with Crippen LogP contribution in [0.15, 0.2) is 47.3 Å². The molecule has 3 aromatic rings. The molecule has 0 aliphatic carbocycles. The topological polar surface area (TPSA) is 60.9 Å². The zero-order valence-corrected chi connectivity index (χ0v) is 12.8. The monoisotopic (exact) mass is 293 g/mol. The van der Waals surface area contributed by atoms with Crippen LogP contribution < -0.4 is 11.4 Å². The lowest BCUT2D eigenvalue weighted by Gasteiger charge is -2.10. The Bertz CT molecular complexity index is 879. The van der Waals surface area contributed by atoms with E-state index in [1.807, 2.05) is 31.2 Å². The molecule has 0 saturated carbocycles. The molecule has 4 heteroatoms. The first-order valence-corrected chi connectivity index (χ1v) is 7.48. The highest BCUT2D eigenvalue weighted by molar-refractivity contribution is 5.80. The number of nitrogens with zero attached hydrogens (tertiary/aromatic N) is 2. The van der Waals surface area contributed by atoms with Gasteiger partial charge in [-0.15, -0.1) is 0 Å². The molecule has 0 atom stereocenters. The van der Waals surface area contributed by atoms with Gasteiger partial charge in [0.05, 0.1) is 10.9 Å². The average molecular weight is 293 g/mol. The van der Waals surface area contributed by atoms with Crippen LogP contribution in [0.1, 0.15) is 24.5 Å². The largest absolute Gasteiger partial charge is 0.334 e. The third-order valence-corrected chi connectivity index (χ3v) is 3.81. The van der Waals surface area contributed by atoms with E-state index in [0.29, 0.717) is 16.7 Å². The zero-order chi connectivity index (χ0) is 15.7. The molecule has 0 unspecified atom stereocenters. The molecule has 1 aromatic heterocycles. The van der Waals surface area contributed by atoms with Crippen LogP contribution in [0.4, 0.5) is 0 Å². The van der Waals surface area contributed by atoms with Gasteiger partial charge in [-0.1, -0.05) is 43.7 Å². The van der Waals surface area contributed by atoms with Gasteiger partial charge in [-0.2, -0.15) is 0 Å². The molecule has 0 spiro atoms. The first kappa shape index (κ1) is 14.3. The van der Waals surface area contributed by atoms with Gasteiger partial charge in [0.15, 0.2) is 5.82 Å². The minimum atomic E-state index is -0.224. The molecule has 0 fully saturated rings. The van der Waals surface area contributed by atoms with Gasteiger partial charge < -0.3 is 5.84 Å². The number of benzene rings is 2. The molecule has 22 heavy (non-hydrogen) atoms. The molecule has 4 nitrogen and oxygen atoms in total. The SMILES string of the molecule is CCCc1ccc(-c2nc3cc(C)ccc3c(=O)n2N)cc1. The number of nitrogens with two attached hydrogens (primary N) is 1. The van der Waals surface area contributed by atoms with Crippen molar-refractivity contribution in [1.82, 2.24) is 9.66 Å². The summed E-state index contributed by atoms with van der Waals surface area (Å²) < 4.78 is 1.13. The Morgan fingerprint density at radius 2 is 1.86 bits per heavy atom. The van der Waals surface area contributed by atoms with Gasteiger partial charge in [0.2, 0.25) is 0 Å². The summed E-state index contributed by atoms with van der Waals surface area (Å²) in [5, 5.41) is 0.541. The number of aryl methyl sites for hydroxylation is 2. The molecule has 0 aliphatic heterocycles.